The molecule has 2 amide bonds. The van der Waals surface area contributed by atoms with Crippen LogP contribution in [-0.2, 0) is 0 Å². The lowest BCUT2D eigenvalue weighted by atomic mass is 10.0. The van der Waals surface area contributed by atoms with Crippen molar-refractivity contribution in [3.05, 3.63) is 85.8 Å². The van der Waals surface area contributed by atoms with Crippen LogP contribution >= 0.6 is 11.6 Å². The van der Waals surface area contributed by atoms with E-state index >= 15 is 0 Å². The van der Waals surface area contributed by atoms with Crippen molar-refractivity contribution in [2.75, 3.05) is 43.9 Å². The van der Waals surface area contributed by atoms with E-state index < -0.39 is 17.8 Å². The highest BCUT2D eigenvalue weighted by molar-refractivity contribution is 6.31. The minimum absolute atomic E-state index is 0.00646. The first-order valence-corrected chi connectivity index (χ1v) is 14.7. The Morgan fingerprint density at radius 1 is 1.07 bits per heavy atom. The number of nitrogens with two attached hydrogens (primary N) is 1. The Bertz CT molecular complexity index is 1590. The molecule has 0 saturated carbocycles. The molecule has 3 heterocycles. The highest BCUT2D eigenvalue weighted by Gasteiger charge is 2.40. The summed E-state index contributed by atoms with van der Waals surface area (Å²) in [6.45, 7) is 5.56. The fraction of sp³-hybridized carbons (Fsp3) is 0.387. The summed E-state index contributed by atoms with van der Waals surface area (Å²) in [4.78, 5) is 45.4. The number of hydrogen-bond donors (Lipinski definition) is 5. The summed E-state index contributed by atoms with van der Waals surface area (Å²) in [5, 5.41) is 17.3. The van der Waals surface area contributed by atoms with Gasteiger partial charge in [0.2, 0.25) is 0 Å². The first-order valence-electron chi connectivity index (χ1n) is 14.3. The number of nitrogens with zero attached hydrogens (tertiary/aromatic N) is 2. The molecule has 2 aliphatic heterocycles. The van der Waals surface area contributed by atoms with Crippen LogP contribution in [0.2, 0.25) is 5.02 Å². The number of benzene rings is 2. The fourth-order valence-corrected chi connectivity index (χ4v) is 5.73. The average Bonchev–Trinajstić information content (AvgIpc) is 3.22. The molecule has 2 unspecified atom stereocenters. The predicted octanol–water partition coefficient (Wildman–Crippen LogP) is 3.26. The number of aliphatic hydroxyl groups excluding tert-OH is 1. The number of nitrogens with one attached hydrogen (secondary N) is 3. The summed E-state index contributed by atoms with van der Waals surface area (Å²) >= 11 is 6.21. The monoisotopic (exact) mass is 608 g/mol. The molecule has 2 aliphatic rings. The normalized spacial score (nSPS) is 17.1. The number of aryl methyl sites for hydroxylation is 2. The van der Waals surface area contributed by atoms with Gasteiger partial charge in [0.05, 0.1) is 16.7 Å². The molecule has 5 rings (SSSR count). The van der Waals surface area contributed by atoms with Crippen LogP contribution in [0.25, 0.3) is 0 Å². The first-order chi connectivity index (χ1) is 20.5. The van der Waals surface area contributed by atoms with Crippen LogP contribution in [0.15, 0.2) is 47.4 Å². The molecule has 1 fully saturated rings. The zero-order chi connectivity index (χ0) is 30.8. The van der Waals surface area contributed by atoms with Crippen LogP contribution in [0, 0.1) is 13.8 Å². The Morgan fingerprint density at radius 3 is 2.53 bits per heavy atom. The Hall–Kier alpha value is -3.90. The molecular weight excluding hydrogens is 572 g/mol. The third-order valence-electron chi connectivity index (χ3n) is 8.02. The summed E-state index contributed by atoms with van der Waals surface area (Å²) in [5.74, 6) is -0.00715. The van der Waals surface area contributed by atoms with Gasteiger partial charge in [-0.1, -0.05) is 17.7 Å². The van der Waals surface area contributed by atoms with E-state index in [9.17, 15) is 19.5 Å². The van der Waals surface area contributed by atoms with Crippen molar-refractivity contribution < 1.29 is 19.4 Å². The van der Waals surface area contributed by atoms with Crippen LogP contribution in [0.1, 0.15) is 56.4 Å². The van der Waals surface area contributed by atoms with E-state index in [4.69, 9.17) is 22.1 Å². The molecule has 43 heavy (non-hydrogen) atoms. The van der Waals surface area contributed by atoms with E-state index in [0.29, 0.717) is 33.3 Å². The average molecular weight is 609 g/mol. The predicted molar refractivity (Wildman–Crippen MR) is 166 cm³/mol. The number of hydrogen-bond acceptors (Lipinski definition) is 9. The molecule has 0 bridgehead atoms. The molecule has 3 aromatic rings. The van der Waals surface area contributed by atoms with Gasteiger partial charge in [-0.3, -0.25) is 19.3 Å². The second-order valence-electron chi connectivity index (χ2n) is 11.2. The lowest BCUT2D eigenvalue weighted by Crippen LogP contribution is -2.46. The molecule has 12 heteroatoms. The molecule has 0 radical (unpaired) electrons. The number of aromatic amines is 1. The van der Waals surface area contributed by atoms with Gasteiger partial charge in [0, 0.05) is 35.2 Å². The minimum atomic E-state index is -0.964. The van der Waals surface area contributed by atoms with E-state index in [0.717, 1.165) is 37.1 Å². The molecule has 0 aliphatic carbocycles. The topological polar surface area (TPSA) is 153 Å². The quantitative estimate of drug-likeness (QED) is 0.172. The third kappa shape index (κ3) is 6.54. The largest absolute Gasteiger partial charge is 0.490 e. The second kappa shape index (κ2) is 12.8. The fourth-order valence-electron chi connectivity index (χ4n) is 5.57. The number of H-pyrrole nitrogens is 1. The number of pyridine rings is 1. The van der Waals surface area contributed by atoms with Gasteiger partial charge in [-0.2, -0.15) is 0 Å². The maximum Gasteiger partial charge on any atom is 0.261 e. The number of likely N-dealkylation sites (tertiary alicyclic amines) is 1. The molecule has 11 nitrogen and oxygen atoms in total. The summed E-state index contributed by atoms with van der Waals surface area (Å²) in [6.07, 6.45) is 1.10. The van der Waals surface area contributed by atoms with E-state index in [1.54, 1.807) is 30.3 Å². The lowest BCUT2D eigenvalue weighted by Gasteiger charge is -2.33. The number of aromatic nitrogens is 1. The maximum atomic E-state index is 13.3. The van der Waals surface area contributed by atoms with Gasteiger partial charge < -0.3 is 36.1 Å². The van der Waals surface area contributed by atoms with Crippen molar-refractivity contribution >= 4 is 34.8 Å². The van der Waals surface area contributed by atoms with E-state index in [1.807, 2.05) is 27.0 Å². The molecule has 0 spiro atoms. The summed E-state index contributed by atoms with van der Waals surface area (Å²) in [6, 6.07) is 10.1. The van der Waals surface area contributed by atoms with Gasteiger partial charge >= 0.3 is 0 Å². The lowest BCUT2D eigenvalue weighted by molar-refractivity contribution is 0.0516. The summed E-state index contributed by atoms with van der Waals surface area (Å²) < 4.78 is 5.77. The van der Waals surface area contributed by atoms with Gasteiger partial charge in [-0.15, -0.1) is 0 Å². The number of imide groups is 1. The minimum Gasteiger partial charge on any atom is -0.490 e. The number of anilines is 2. The van der Waals surface area contributed by atoms with Gasteiger partial charge in [-0.05, 0) is 88.3 Å². The van der Waals surface area contributed by atoms with E-state index in [1.165, 1.54) is 11.1 Å². The number of halogens is 1. The van der Waals surface area contributed by atoms with Crippen LogP contribution in [0.3, 0.4) is 0 Å². The number of fused-ring (bicyclic) bond motifs is 1. The van der Waals surface area contributed by atoms with Crippen molar-refractivity contribution in [2.45, 2.75) is 45.0 Å². The highest BCUT2D eigenvalue weighted by atomic mass is 35.5. The molecule has 6 N–H and O–H groups in total. The molecule has 228 valence electrons. The van der Waals surface area contributed by atoms with Crippen LogP contribution in [0.4, 0.5) is 11.4 Å². The smallest absolute Gasteiger partial charge is 0.261 e. The van der Waals surface area contributed by atoms with Crippen molar-refractivity contribution in [1.29, 1.82) is 0 Å². The third-order valence-corrected chi connectivity index (χ3v) is 8.43. The van der Waals surface area contributed by atoms with Gasteiger partial charge in [0.25, 0.3) is 17.4 Å². The molecule has 1 saturated heterocycles. The van der Waals surface area contributed by atoms with Crippen LogP contribution in [-0.4, -0.2) is 77.1 Å². The van der Waals surface area contributed by atoms with Crippen molar-refractivity contribution in [2.24, 2.45) is 5.73 Å². The van der Waals surface area contributed by atoms with Crippen LogP contribution < -0.4 is 26.7 Å². The molecule has 1 aromatic heterocycles. The summed E-state index contributed by atoms with van der Waals surface area (Å²) in [5.41, 5.74) is 9.68. The number of ether oxygens (including phenoxy) is 1. The highest BCUT2D eigenvalue weighted by Crippen LogP contribution is 2.31. The Balaban J connectivity index is 1.24. The second-order valence-corrected chi connectivity index (χ2v) is 11.7. The van der Waals surface area contributed by atoms with Crippen molar-refractivity contribution in [1.82, 2.24) is 14.8 Å². The summed E-state index contributed by atoms with van der Waals surface area (Å²) in [7, 11) is 2.03. The maximum absolute atomic E-state index is 13.3. The Kier molecular flexibility index (Phi) is 9.07. The van der Waals surface area contributed by atoms with Crippen LogP contribution in [0.5, 0.6) is 5.75 Å². The Labute approximate surface area is 255 Å². The van der Waals surface area contributed by atoms with E-state index in [2.05, 4.69) is 20.5 Å². The number of aliphatic hydroxyl groups is 1. The molecule has 2 aromatic carbocycles. The van der Waals surface area contributed by atoms with Crippen molar-refractivity contribution in [3.8, 4) is 5.75 Å². The SMILES string of the molecule is Cc1cc(C)c(OCC(O)CNc2cc[nH]c(=O)c2C(N)Nc2ccc3c(c2)C(=O)N(C2CCN(C)CC2)C3=O)cc1Cl. The number of carbonyl (C=O) groups excluding carboxylic acids is 2. The number of amides is 2. The molecular formula is C31H37ClN6O5. The van der Waals surface area contributed by atoms with E-state index in [-0.39, 0.29) is 36.6 Å². The number of rotatable bonds is 10. The van der Waals surface area contributed by atoms with Gasteiger partial charge in [-0.25, -0.2) is 0 Å². The number of carbonyl (C=O) groups is 2. The van der Waals surface area contributed by atoms with Crippen molar-refractivity contribution in [3.63, 3.8) is 0 Å². The zero-order valence-electron chi connectivity index (χ0n) is 24.4. The molecule has 2 atom stereocenters. The van der Waals surface area contributed by atoms with Gasteiger partial charge in [0.1, 0.15) is 24.6 Å². The van der Waals surface area contributed by atoms with Gasteiger partial charge in [0.15, 0.2) is 0 Å². The Morgan fingerprint density at radius 2 is 1.79 bits per heavy atom. The number of piperidine rings is 1. The zero-order valence-corrected chi connectivity index (χ0v) is 25.2. The first kappa shape index (κ1) is 30.6. The standard InChI is InChI=1S/C31H37ClN6O5/c1-17-12-18(2)26(14-24(17)32)43-16-21(39)15-35-25-6-9-34-29(40)27(25)28(33)36-19-4-5-22-23(13-19)31(42)38(30(22)41)20-7-10-37(3)11-8-20/h4-6,9,12-14,20-21,28,36,39H,7-8,10-11,15-16,33H2,1-3H3,(H2,34,35,40).